The lowest BCUT2D eigenvalue weighted by Gasteiger charge is -2.10. The summed E-state index contributed by atoms with van der Waals surface area (Å²) in [6.45, 7) is 4.60. The molecule has 0 saturated heterocycles. The molecule has 0 bridgehead atoms. The lowest BCUT2D eigenvalue weighted by Crippen LogP contribution is -2.29. The first-order valence-corrected chi connectivity index (χ1v) is 9.75. The average Bonchev–Trinajstić information content (AvgIpc) is 2.96. The number of ketones is 1. The fraction of sp³-hybridized carbons (Fsp3) is 0.333. The van der Waals surface area contributed by atoms with Crippen molar-refractivity contribution in [2.24, 2.45) is 13.0 Å². The Morgan fingerprint density at radius 1 is 1.26 bits per heavy atom. The van der Waals surface area contributed by atoms with Crippen LogP contribution in [0, 0.1) is 5.92 Å². The van der Waals surface area contributed by atoms with Crippen LogP contribution in [0.1, 0.15) is 24.2 Å². The number of thioether (sulfide) groups is 1. The van der Waals surface area contributed by atoms with Gasteiger partial charge in [0.25, 0.3) is 5.56 Å². The number of rotatable bonds is 6. The number of nitrogens with one attached hydrogen (secondary N) is 1. The number of aromatic amines is 1. The molecule has 0 aliphatic rings. The van der Waals surface area contributed by atoms with Crippen LogP contribution >= 0.6 is 23.4 Å². The number of imidazole rings is 1. The Morgan fingerprint density at radius 3 is 2.56 bits per heavy atom. The second-order valence-corrected chi connectivity index (χ2v) is 7.99. The quantitative estimate of drug-likeness (QED) is 0.502. The molecule has 142 valence electrons. The minimum atomic E-state index is -0.518. The first kappa shape index (κ1) is 19.4. The number of Topliss-reactive ketones (excluding diaryl/α,β-unsaturated/α-hetero) is 1. The van der Waals surface area contributed by atoms with Gasteiger partial charge in [-0.1, -0.05) is 37.2 Å². The van der Waals surface area contributed by atoms with E-state index in [1.165, 1.54) is 16.3 Å². The minimum Gasteiger partial charge on any atom is -0.313 e. The maximum absolute atomic E-state index is 12.4. The lowest BCUT2D eigenvalue weighted by molar-refractivity contribution is 0.102. The molecule has 2 aromatic heterocycles. The molecule has 0 aliphatic heterocycles. The Bertz CT molecular complexity index is 1110. The van der Waals surface area contributed by atoms with E-state index in [0.717, 1.165) is 0 Å². The average molecular weight is 407 g/mol. The van der Waals surface area contributed by atoms with Crippen molar-refractivity contribution in [1.29, 1.82) is 0 Å². The van der Waals surface area contributed by atoms with E-state index in [1.54, 1.807) is 35.9 Å². The van der Waals surface area contributed by atoms with Crippen molar-refractivity contribution < 1.29 is 4.79 Å². The smallest absolute Gasteiger partial charge is 0.313 e. The van der Waals surface area contributed by atoms with Crippen LogP contribution in [0.5, 0.6) is 0 Å². The highest BCUT2D eigenvalue weighted by Crippen LogP contribution is 2.24. The molecule has 1 N–H and O–H groups in total. The normalized spacial score (nSPS) is 11.4. The van der Waals surface area contributed by atoms with Crippen LogP contribution in [0.3, 0.4) is 0 Å². The van der Waals surface area contributed by atoms with Crippen LogP contribution in [0.4, 0.5) is 0 Å². The Kier molecular flexibility index (Phi) is 5.57. The van der Waals surface area contributed by atoms with E-state index in [-0.39, 0.29) is 17.5 Å². The lowest BCUT2D eigenvalue weighted by atomic mass is 10.1. The van der Waals surface area contributed by atoms with Gasteiger partial charge < -0.3 is 4.57 Å². The number of fused-ring (bicyclic) bond motifs is 1. The van der Waals surface area contributed by atoms with Gasteiger partial charge in [-0.05, 0) is 30.2 Å². The summed E-state index contributed by atoms with van der Waals surface area (Å²) in [5.74, 6) is 0.350. The molecule has 0 amide bonds. The largest absolute Gasteiger partial charge is 0.329 e. The molecule has 27 heavy (non-hydrogen) atoms. The second kappa shape index (κ2) is 7.74. The van der Waals surface area contributed by atoms with Gasteiger partial charge in [-0.3, -0.25) is 19.1 Å². The van der Waals surface area contributed by atoms with Crippen LogP contribution in [-0.2, 0) is 13.6 Å². The third-order valence-corrected chi connectivity index (χ3v) is 5.25. The summed E-state index contributed by atoms with van der Waals surface area (Å²) in [5, 5.41) is 1.10. The first-order chi connectivity index (χ1) is 12.8. The van der Waals surface area contributed by atoms with Crippen molar-refractivity contribution in [2.75, 3.05) is 5.75 Å². The zero-order valence-electron chi connectivity index (χ0n) is 15.2. The summed E-state index contributed by atoms with van der Waals surface area (Å²) in [6.07, 6.45) is 0. The molecule has 3 rings (SSSR count). The molecule has 0 atom stereocenters. The number of hydrogen-bond donors (Lipinski definition) is 1. The topological polar surface area (TPSA) is 89.8 Å². The van der Waals surface area contributed by atoms with Crippen molar-refractivity contribution in [3.63, 3.8) is 0 Å². The van der Waals surface area contributed by atoms with E-state index in [2.05, 4.69) is 9.97 Å². The molecule has 1 aromatic carbocycles. The molecule has 0 radical (unpaired) electrons. The predicted molar refractivity (Wildman–Crippen MR) is 107 cm³/mol. The molecule has 0 spiro atoms. The summed E-state index contributed by atoms with van der Waals surface area (Å²) in [7, 11) is 1.56. The monoisotopic (exact) mass is 406 g/mol. The highest BCUT2D eigenvalue weighted by molar-refractivity contribution is 7.99. The van der Waals surface area contributed by atoms with E-state index in [0.29, 0.717) is 33.5 Å². The van der Waals surface area contributed by atoms with Crippen LogP contribution in [0.25, 0.3) is 11.2 Å². The Morgan fingerprint density at radius 2 is 1.93 bits per heavy atom. The molecular formula is C18H19ClN4O3S. The molecule has 9 heteroatoms. The molecule has 0 saturated carbocycles. The van der Waals surface area contributed by atoms with E-state index in [1.807, 2.05) is 13.8 Å². The standard InChI is InChI=1S/C18H19ClN4O3S/c1-10(2)8-23-14-15(22(3)17(26)21-16(14)25)20-18(23)27-9-13(24)11-4-6-12(19)7-5-11/h4-7,10H,8-9H2,1-3H3,(H,21,25,26). The zero-order chi connectivity index (χ0) is 19.7. The number of aromatic nitrogens is 4. The fourth-order valence-electron chi connectivity index (χ4n) is 2.71. The number of hydrogen-bond acceptors (Lipinski definition) is 5. The van der Waals surface area contributed by atoms with Crippen LogP contribution in [0.2, 0.25) is 5.02 Å². The second-order valence-electron chi connectivity index (χ2n) is 6.61. The Balaban J connectivity index is 1.98. The SMILES string of the molecule is CC(C)Cn1c(SCC(=O)c2ccc(Cl)cc2)nc2c1c(=O)[nH]c(=O)n2C. The first-order valence-electron chi connectivity index (χ1n) is 8.39. The molecule has 0 aliphatic carbocycles. The van der Waals surface area contributed by atoms with E-state index in [9.17, 15) is 14.4 Å². The highest BCUT2D eigenvalue weighted by Gasteiger charge is 2.19. The van der Waals surface area contributed by atoms with Gasteiger partial charge in [0.05, 0.1) is 5.75 Å². The number of carbonyl (C=O) groups excluding carboxylic acids is 1. The van der Waals surface area contributed by atoms with Crippen LogP contribution in [-0.4, -0.2) is 30.6 Å². The van der Waals surface area contributed by atoms with Gasteiger partial charge in [-0.25, -0.2) is 9.78 Å². The number of carbonyl (C=O) groups is 1. The van der Waals surface area contributed by atoms with Crippen LogP contribution in [0.15, 0.2) is 39.0 Å². The van der Waals surface area contributed by atoms with Gasteiger partial charge >= 0.3 is 5.69 Å². The third-order valence-electron chi connectivity index (χ3n) is 4.02. The van der Waals surface area contributed by atoms with E-state index < -0.39 is 11.2 Å². The van der Waals surface area contributed by atoms with Gasteiger partial charge in [0.2, 0.25) is 0 Å². The zero-order valence-corrected chi connectivity index (χ0v) is 16.7. The maximum Gasteiger partial charge on any atom is 0.329 e. The highest BCUT2D eigenvalue weighted by atomic mass is 35.5. The molecule has 3 aromatic rings. The number of aryl methyl sites for hydroxylation is 1. The summed E-state index contributed by atoms with van der Waals surface area (Å²) in [6, 6.07) is 6.69. The van der Waals surface area contributed by atoms with Gasteiger partial charge in [0.1, 0.15) is 0 Å². The fourth-order valence-corrected chi connectivity index (χ4v) is 3.73. The molecular weight excluding hydrogens is 388 g/mol. The van der Waals surface area contributed by atoms with Crippen molar-refractivity contribution in [3.05, 3.63) is 55.7 Å². The van der Waals surface area contributed by atoms with Gasteiger partial charge in [0.15, 0.2) is 22.1 Å². The van der Waals surface area contributed by atoms with Crippen molar-refractivity contribution >= 4 is 40.3 Å². The summed E-state index contributed by atoms with van der Waals surface area (Å²) in [5.41, 5.74) is 0.217. The summed E-state index contributed by atoms with van der Waals surface area (Å²) in [4.78, 5) is 43.4. The third kappa shape index (κ3) is 4.01. The van der Waals surface area contributed by atoms with E-state index >= 15 is 0 Å². The van der Waals surface area contributed by atoms with Crippen molar-refractivity contribution in [2.45, 2.75) is 25.5 Å². The van der Waals surface area contributed by atoms with Gasteiger partial charge in [-0.15, -0.1) is 0 Å². The molecule has 0 unspecified atom stereocenters. The minimum absolute atomic E-state index is 0.0670. The van der Waals surface area contributed by atoms with E-state index in [4.69, 9.17) is 11.6 Å². The number of H-pyrrole nitrogens is 1. The van der Waals surface area contributed by atoms with Crippen molar-refractivity contribution in [1.82, 2.24) is 19.1 Å². The maximum atomic E-state index is 12.4. The summed E-state index contributed by atoms with van der Waals surface area (Å²) < 4.78 is 3.08. The Labute approximate surface area is 164 Å². The number of benzene rings is 1. The van der Waals surface area contributed by atoms with Crippen LogP contribution < -0.4 is 11.2 Å². The van der Waals surface area contributed by atoms with Gasteiger partial charge in [0, 0.05) is 24.2 Å². The van der Waals surface area contributed by atoms with Crippen molar-refractivity contribution in [3.8, 4) is 0 Å². The summed E-state index contributed by atoms with van der Waals surface area (Å²) >= 11 is 7.10. The predicted octanol–water partition coefficient (Wildman–Crippen LogP) is 2.71. The molecule has 0 fully saturated rings. The number of nitrogens with zero attached hydrogens (tertiary/aromatic N) is 3. The molecule has 2 heterocycles. The molecule has 7 nitrogen and oxygen atoms in total. The van der Waals surface area contributed by atoms with Gasteiger partial charge in [-0.2, -0.15) is 0 Å². The number of halogens is 1. The Hall–Kier alpha value is -2.32.